The predicted octanol–water partition coefficient (Wildman–Crippen LogP) is 1.53. The maximum Gasteiger partial charge on any atom is 0.0979 e. The predicted molar refractivity (Wildman–Crippen MR) is 54.8 cm³/mol. The fourth-order valence-electron chi connectivity index (χ4n) is 1.86. The number of rotatable bonds is 2. The lowest BCUT2D eigenvalue weighted by Crippen LogP contribution is -2.35. The van der Waals surface area contributed by atoms with E-state index in [0.717, 1.165) is 44.9 Å². The molecule has 0 unspecified atom stereocenters. The molecule has 2 rings (SSSR count). The molecule has 78 valence electrons. The Morgan fingerprint density at radius 1 is 1.36 bits per heavy atom. The summed E-state index contributed by atoms with van der Waals surface area (Å²) < 4.78 is 10.6. The highest BCUT2D eigenvalue weighted by molar-refractivity contribution is 5.24. The summed E-state index contributed by atoms with van der Waals surface area (Å²) in [6.45, 7) is 3.68. The molecule has 0 N–H and O–H groups in total. The largest absolute Gasteiger partial charge is 0.501 e. The van der Waals surface area contributed by atoms with Crippen molar-refractivity contribution in [1.29, 1.82) is 0 Å². The van der Waals surface area contributed by atoms with Crippen molar-refractivity contribution in [1.82, 2.24) is 4.90 Å². The van der Waals surface area contributed by atoms with E-state index in [4.69, 9.17) is 9.47 Å². The molecule has 1 fully saturated rings. The third kappa shape index (κ3) is 2.10. The van der Waals surface area contributed by atoms with E-state index in [1.807, 2.05) is 0 Å². The standard InChI is InChI=1S/C11H17NO2/c1-13-11-4-2-3-10(9-11)12-5-7-14-8-6-12/h3,9H,2,4-8H2,1H3. The van der Waals surface area contributed by atoms with Crippen molar-refractivity contribution in [3.63, 3.8) is 0 Å². The van der Waals surface area contributed by atoms with Crippen molar-refractivity contribution in [2.75, 3.05) is 33.4 Å². The minimum atomic E-state index is 0.841. The van der Waals surface area contributed by atoms with Crippen LogP contribution in [0.5, 0.6) is 0 Å². The Bertz CT molecular complexity index is 252. The molecule has 0 aromatic heterocycles. The molecule has 0 atom stereocenters. The Kier molecular flexibility index (Phi) is 3.09. The Hall–Kier alpha value is -0.960. The number of allylic oxidation sites excluding steroid dienone is 3. The SMILES string of the molecule is COC1=CC(N2CCOCC2)=CCC1. The van der Waals surface area contributed by atoms with E-state index in [1.54, 1.807) is 7.11 Å². The molecule has 0 aromatic carbocycles. The summed E-state index contributed by atoms with van der Waals surface area (Å²) >= 11 is 0. The highest BCUT2D eigenvalue weighted by Crippen LogP contribution is 2.20. The van der Waals surface area contributed by atoms with Crippen LogP contribution < -0.4 is 0 Å². The minimum absolute atomic E-state index is 0.841. The molecule has 0 saturated carbocycles. The number of methoxy groups -OCH3 is 1. The van der Waals surface area contributed by atoms with E-state index in [9.17, 15) is 0 Å². The van der Waals surface area contributed by atoms with Crippen molar-refractivity contribution in [3.8, 4) is 0 Å². The maximum absolute atomic E-state index is 5.32. The quantitative estimate of drug-likeness (QED) is 0.667. The molecule has 1 aliphatic heterocycles. The zero-order chi connectivity index (χ0) is 9.80. The third-order valence-corrected chi connectivity index (χ3v) is 2.69. The van der Waals surface area contributed by atoms with Gasteiger partial charge in [-0.15, -0.1) is 0 Å². The van der Waals surface area contributed by atoms with Gasteiger partial charge in [-0.3, -0.25) is 0 Å². The molecular formula is C11H17NO2. The number of nitrogens with zero attached hydrogens (tertiary/aromatic N) is 1. The Balaban J connectivity index is 2.02. The first-order valence-electron chi connectivity index (χ1n) is 5.17. The van der Waals surface area contributed by atoms with E-state index < -0.39 is 0 Å². The summed E-state index contributed by atoms with van der Waals surface area (Å²) in [5, 5.41) is 0. The fourth-order valence-corrected chi connectivity index (χ4v) is 1.86. The van der Waals surface area contributed by atoms with Crippen LogP contribution in [0.1, 0.15) is 12.8 Å². The van der Waals surface area contributed by atoms with Crippen LogP contribution in [0.4, 0.5) is 0 Å². The lowest BCUT2D eigenvalue weighted by atomic mass is 10.1. The number of hydrogen-bond donors (Lipinski definition) is 0. The second kappa shape index (κ2) is 4.51. The minimum Gasteiger partial charge on any atom is -0.501 e. The van der Waals surface area contributed by atoms with Crippen molar-refractivity contribution >= 4 is 0 Å². The van der Waals surface area contributed by atoms with E-state index in [0.29, 0.717) is 0 Å². The van der Waals surface area contributed by atoms with Crippen LogP contribution in [0.3, 0.4) is 0 Å². The second-order valence-corrected chi connectivity index (χ2v) is 3.58. The second-order valence-electron chi connectivity index (χ2n) is 3.58. The van der Waals surface area contributed by atoms with Crippen LogP contribution in [-0.2, 0) is 9.47 Å². The van der Waals surface area contributed by atoms with Gasteiger partial charge in [0, 0.05) is 25.2 Å². The molecule has 14 heavy (non-hydrogen) atoms. The summed E-state index contributed by atoms with van der Waals surface area (Å²) in [7, 11) is 1.74. The van der Waals surface area contributed by atoms with Crippen LogP contribution in [0.25, 0.3) is 0 Å². The van der Waals surface area contributed by atoms with Gasteiger partial charge in [-0.05, 0) is 12.5 Å². The van der Waals surface area contributed by atoms with E-state index in [-0.39, 0.29) is 0 Å². The first kappa shape index (κ1) is 9.59. The lowest BCUT2D eigenvalue weighted by Gasteiger charge is -2.31. The van der Waals surface area contributed by atoms with Crippen LogP contribution >= 0.6 is 0 Å². The first-order valence-corrected chi connectivity index (χ1v) is 5.17. The van der Waals surface area contributed by atoms with Gasteiger partial charge in [0.05, 0.1) is 26.1 Å². The molecule has 0 bridgehead atoms. The summed E-state index contributed by atoms with van der Waals surface area (Å²) in [4.78, 5) is 2.36. The normalized spacial score (nSPS) is 22.8. The van der Waals surface area contributed by atoms with Gasteiger partial charge in [0.25, 0.3) is 0 Å². The Morgan fingerprint density at radius 3 is 2.86 bits per heavy atom. The van der Waals surface area contributed by atoms with E-state index in [1.165, 1.54) is 5.70 Å². The molecule has 0 spiro atoms. The molecule has 3 heteroatoms. The van der Waals surface area contributed by atoms with Crippen molar-refractivity contribution < 1.29 is 9.47 Å². The topological polar surface area (TPSA) is 21.7 Å². The molecule has 2 aliphatic rings. The van der Waals surface area contributed by atoms with Crippen LogP contribution in [0, 0.1) is 0 Å². The smallest absolute Gasteiger partial charge is 0.0979 e. The van der Waals surface area contributed by atoms with Gasteiger partial charge in [0.2, 0.25) is 0 Å². The average molecular weight is 195 g/mol. The van der Waals surface area contributed by atoms with Gasteiger partial charge < -0.3 is 14.4 Å². The van der Waals surface area contributed by atoms with Crippen LogP contribution in [0.15, 0.2) is 23.6 Å². The fraction of sp³-hybridized carbons (Fsp3) is 0.636. The van der Waals surface area contributed by atoms with Gasteiger partial charge in [0.1, 0.15) is 0 Å². The highest BCUT2D eigenvalue weighted by atomic mass is 16.5. The summed E-state index contributed by atoms with van der Waals surface area (Å²) in [6.07, 6.45) is 6.55. The lowest BCUT2D eigenvalue weighted by molar-refractivity contribution is 0.0547. The van der Waals surface area contributed by atoms with Crippen LogP contribution in [0.2, 0.25) is 0 Å². The molecule has 0 radical (unpaired) electrons. The molecular weight excluding hydrogens is 178 g/mol. The molecule has 1 heterocycles. The number of hydrogen-bond acceptors (Lipinski definition) is 3. The van der Waals surface area contributed by atoms with E-state index >= 15 is 0 Å². The van der Waals surface area contributed by atoms with Gasteiger partial charge >= 0.3 is 0 Å². The van der Waals surface area contributed by atoms with Crippen LogP contribution in [-0.4, -0.2) is 38.3 Å². The monoisotopic (exact) mass is 195 g/mol. The average Bonchev–Trinajstić information content (AvgIpc) is 2.30. The number of morpholine rings is 1. The summed E-state index contributed by atoms with van der Waals surface area (Å²) in [5.41, 5.74) is 1.30. The van der Waals surface area contributed by atoms with Gasteiger partial charge in [-0.25, -0.2) is 0 Å². The molecule has 3 nitrogen and oxygen atoms in total. The van der Waals surface area contributed by atoms with Crippen molar-refractivity contribution in [2.24, 2.45) is 0 Å². The first-order chi connectivity index (χ1) is 6.90. The molecule has 0 amide bonds. The molecule has 1 aliphatic carbocycles. The zero-order valence-corrected chi connectivity index (χ0v) is 8.66. The molecule has 1 saturated heterocycles. The summed E-state index contributed by atoms with van der Waals surface area (Å²) in [6, 6.07) is 0. The third-order valence-electron chi connectivity index (χ3n) is 2.69. The maximum atomic E-state index is 5.32. The molecule has 0 aromatic rings. The number of ether oxygens (including phenoxy) is 2. The van der Waals surface area contributed by atoms with Gasteiger partial charge in [0.15, 0.2) is 0 Å². The van der Waals surface area contributed by atoms with E-state index in [2.05, 4.69) is 17.1 Å². The van der Waals surface area contributed by atoms with Crippen molar-refractivity contribution in [3.05, 3.63) is 23.6 Å². The summed E-state index contributed by atoms with van der Waals surface area (Å²) in [5.74, 6) is 1.09. The zero-order valence-electron chi connectivity index (χ0n) is 8.66. The van der Waals surface area contributed by atoms with Crippen molar-refractivity contribution in [2.45, 2.75) is 12.8 Å². The van der Waals surface area contributed by atoms with Gasteiger partial charge in [-0.1, -0.05) is 6.08 Å². The Morgan fingerprint density at radius 2 is 2.14 bits per heavy atom. The highest BCUT2D eigenvalue weighted by Gasteiger charge is 2.15. The van der Waals surface area contributed by atoms with Gasteiger partial charge in [-0.2, -0.15) is 0 Å². The Labute approximate surface area is 85.0 Å².